The van der Waals surface area contributed by atoms with Gasteiger partial charge < -0.3 is 14.2 Å². The van der Waals surface area contributed by atoms with E-state index in [4.69, 9.17) is 14.2 Å². The summed E-state index contributed by atoms with van der Waals surface area (Å²) in [5.74, 6) is -1.27. The SMILES string of the molecule is CC(=O)Oc1cc(OC(C)=O)cc(C(=O)Oc2ccccc2)c1. The standard InChI is InChI=1S/C17H14O6/c1-11(18)21-15-8-13(9-16(10-15)22-12(2)19)17(20)23-14-6-4-3-5-7-14/h3-10H,1-2H3. The molecule has 0 aliphatic carbocycles. The van der Waals surface area contributed by atoms with Crippen LogP contribution in [0.15, 0.2) is 48.5 Å². The first-order chi connectivity index (χ1) is 10.9. The Morgan fingerprint density at radius 2 is 1.22 bits per heavy atom. The predicted molar refractivity (Wildman–Crippen MR) is 80.5 cm³/mol. The first-order valence-electron chi connectivity index (χ1n) is 6.73. The van der Waals surface area contributed by atoms with E-state index in [0.717, 1.165) is 0 Å². The molecule has 23 heavy (non-hydrogen) atoms. The second-order valence-corrected chi connectivity index (χ2v) is 4.58. The number of ether oxygens (including phenoxy) is 3. The number of hydrogen-bond donors (Lipinski definition) is 0. The van der Waals surface area contributed by atoms with Gasteiger partial charge in [0.1, 0.15) is 17.2 Å². The number of hydrogen-bond acceptors (Lipinski definition) is 6. The summed E-state index contributed by atoms with van der Waals surface area (Å²) < 4.78 is 15.1. The highest BCUT2D eigenvalue weighted by Gasteiger charge is 2.14. The Balaban J connectivity index is 2.29. The van der Waals surface area contributed by atoms with Crippen molar-refractivity contribution < 1.29 is 28.6 Å². The molecule has 0 fully saturated rings. The lowest BCUT2D eigenvalue weighted by atomic mass is 10.2. The van der Waals surface area contributed by atoms with Crippen LogP contribution in [0.3, 0.4) is 0 Å². The van der Waals surface area contributed by atoms with Crippen LogP contribution in [0.5, 0.6) is 17.2 Å². The van der Waals surface area contributed by atoms with Gasteiger partial charge in [-0.25, -0.2) is 4.79 Å². The molecule has 2 aromatic rings. The molecule has 2 rings (SSSR count). The van der Waals surface area contributed by atoms with Gasteiger partial charge in [-0.1, -0.05) is 18.2 Å². The molecular weight excluding hydrogens is 300 g/mol. The molecule has 0 radical (unpaired) electrons. The maximum atomic E-state index is 12.2. The summed E-state index contributed by atoms with van der Waals surface area (Å²) in [5, 5.41) is 0. The van der Waals surface area contributed by atoms with E-state index in [1.807, 2.05) is 0 Å². The minimum Gasteiger partial charge on any atom is -0.427 e. The molecule has 6 nitrogen and oxygen atoms in total. The van der Waals surface area contributed by atoms with Crippen LogP contribution in [0, 0.1) is 0 Å². The van der Waals surface area contributed by atoms with E-state index in [2.05, 4.69) is 0 Å². The lowest BCUT2D eigenvalue weighted by Crippen LogP contribution is -2.11. The van der Waals surface area contributed by atoms with Crippen molar-refractivity contribution in [2.45, 2.75) is 13.8 Å². The summed E-state index contributed by atoms with van der Waals surface area (Å²) in [6.45, 7) is 2.45. The number of esters is 3. The van der Waals surface area contributed by atoms with Crippen molar-refractivity contribution in [3.63, 3.8) is 0 Å². The van der Waals surface area contributed by atoms with Crippen molar-refractivity contribution >= 4 is 17.9 Å². The monoisotopic (exact) mass is 314 g/mol. The van der Waals surface area contributed by atoms with Gasteiger partial charge in [-0.05, 0) is 24.3 Å². The Labute approximate surface area is 132 Å². The smallest absolute Gasteiger partial charge is 0.343 e. The van der Waals surface area contributed by atoms with Crippen molar-refractivity contribution in [2.75, 3.05) is 0 Å². The molecule has 2 aromatic carbocycles. The van der Waals surface area contributed by atoms with Crippen LogP contribution in [0.4, 0.5) is 0 Å². The summed E-state index contributed by atoms with van der Waals surface area (Å²) in [5.41, 5.74) is 0.0869. The average Bonchev–Trinajstić information content (AvgIpc) is 2.46. The van der Waals surface area contributed by atoms with E-state index >= 15 is 0 Å². The number of carbonyl (C=O) groups excluding carboxylic acids is 3. The lowest BCUT2D eigenvalue weighted by molar-refractivity contribution is -0.132. The van der Waals surface area contributed by atoms with Gasteiger partial charge >= 0.3 is 17.9 Å². The quantitative estimate of drug-likeness (QED) is 0.638. The first-order valence-corrected chi connectivity index (χ1v) is 6.73. The average molecular weight is 314 g/mol. The Bertz CT molecular complexity index is 702. The zero-order valence-electron chi connectivity index (χ0n) is 12.6. The van der Waals surface area contributed by atoms with E-state index in [-0.39, 0.29) is 17.1 Å². The summed E-state index contributed by atoms with van der Waals surface area (Å²) in [6.07, 6.45) is 0. The molecule has 6 heteroatoms. The third-order valence-corrected chi connectivity index (χ3v) is 2.59. The van der Waals surface area contributed by atoms with E-state index < -0.39 is 17.9 Å². The molecule has 0 saturated heterocycles. The third-order valence-electron chi connectivity index (χ3n) is 2.59. The van der Waals surface area contributed by atoms with Gasteiger partial charge in [0.25, 0.3) is 0 Å². The number of carbonyl (C=O) groups is 3. The Morgan fingerprint density at radius 3 is 1.70 bits per heavy atom. The minimum atomic E-state index is -0.668. The van der Waals surface area contributed by atoms with Crippen LogP contribution >= 0.6 is 0 Å². The van der Waals surface area contributed by atoms with Gasteiger partial charge in [-0.3, -0.25) is 9.59 Å². The molecule has 0 amide bonds. The number of benzene rings is 2. The maximum Gasteiger partial charge on any atom is 0.343 e. The highest BCUT2D eigenvalue weighted by atomic mass is 16.5. The van der Waals surface area contributed by atoms with Gasteiger partial charge in [-0.2, -0.15) is 0 Å². The van der Waals surface area contributed by atoms with Crippen molar-refractivity contribution in [3.05, 3.63) is 54.1 Å². The zero-order chi connectivity index (χ0) is 16.8. The Hall–Kier alpha value is -3.15. The van der Waals surface area contributed by atoms with Crippen LogP contribution < -0.4 is 14.2 Å². The van der Waals surface area contributed by atoms with Crippen LogP contribution in [0.25, 0.3) is 0 Å². The molecule has 0 N–H and O–H groups in total. The molecule has 0 spiro atoms. The molecule has 0 aliphatic heterocycles. The Kier molecular flexibility index (Phi) is 5.09. The fourth-order valence-electron chi connectivity index (χ4n) is 1.79. The minimum absolute atomic E-state index is 0.0799. The summed E-state index contributed by atoms with van der Waals surface area (Å²) in [4.78, 5) is 34.3. The highest BCUT2D eigenvalue weighted by Crippen LogP contribution is 2.24. The molecular formula is C17H14O6. The normalized spacial score (nSPS) is 9.83. The maximum absolute atomic E-state index is 12.2. The number of para-hydroxylation sites is 1. The molecule has 0 aromatic heterocycles. The summed E-state index contributed by atoms with van der Waals surface area (Å²) >= 11 is 0. The summed E-state index contributed by atoms with van der Waals surface area (Å²) in [7, 11) is 0. The largest absolute Gasteiger partial charge is 0.427 e. The van der Waals surface area contributed by atoms with Crippen LogP contribution in [0.1, 0.15) is 24.2 Å². The zero-order valence-corrected chi connectivity index (χ0v) is 12.6. The molecule has 0 saturated carbocycles. The molecule has 118 valence electrons. The van der Waals surface area contributed by atoms with Gasteiger partial charge in [0.05, 0.1) is 5.56 Å². The molecule has 0 bridgehead atoms. The summed E-state index contributed by atoms with van der Waals surface area (Å²) in [6, 6.07) is 12.5. The second kappa shape index (κ2) is 7.22. The molecule has 0 aliphatic rings. The first kappa shape index (κ1) is 16.2. The van der Waals surface area contributed by atoms with Crippen LogP contribution in [-0.4, -0.2) is 17.9 Å². The van der Waals surface area contributed by atoms with Crippen molar-refractivity contribution in [2.24, 2.45) is 0 Å². The van der Waals surface area contributed by atoms with E-state index in [1.54, 1.807) is 30.3 Å². The fraction of sp³-hybridized carbons (Fsp3) is 0.118. The van der Waals surface area contributed by atoms with Gasteiger partial charge in [-0.15, -0.1) is 0 Å². The van der Waals surface area contributed by atoms with Crippen LogP contribution in [0.2, 0.25) is 0 Å². The van der Waals surface area contributed by atoms with Gasteiger partial charge in [0, 0.05) is 19.9 Å². The van der Waals surface area contributed by atoms with Crippen LogP contribution in [-0.2, 0) is 9.59 Å². The van der Waals surface area contributed by atoms with Gasteiger partial charge in [0.15, 0.2) is 0 Å². The highest BCUT2D eigenvalue weighted by molar-refractivity contribution is 5.92. The molecule has 0 heterocycles. The van der Waals surface area contributed by atoms with E-state index in [1.165, 1.54) is 32.0 Å². The predicted octanol–water partition coefficient (Wildman–Crippen LogP) is 2.76. The lowest BCUT2D eigenvalue weighted by Gasteiger charge is -2.09. The molecule has 0 unspecified atom stereocenters. The van der Waals surface area contributed by atoms with Gasteiger partial charge in [0.2, 0.25) is 0 Å². The Morgan fingerprint density at radius 1 is 0.696 bits per heavy atom. The van der Waals surface area contributed by atoms with E-state index in [9.17, 15) is 14.4 Å². The fourth-order valence-corrected chi connectivity index (χ4v) is 1.79. The third kappa shape index (κ3) is 4.96. The topological polar surface area (TPSA) is 78.9 Å². The van der Waals surface area contributed by atoms with Crippen molar-refractivity contribution in [1.29, 1.82) is 0 Å². The molecule has 0 atom stereocenters. The van der Waals surface area contributed by atoms with E-state index in [0.29, 0.717) is 5.75 Å². The second-order valence-electron chi connectivity index (χ2n) is 4.58. The van der Waals surface area contributed by atoms with Crippen molar-refractivity contribution in [1.82, 2.24) is 0 Å². The number of rotatable bonds is 4. The van der Waals surface area contributed by atoms with Crippen molar-refractivity contribution in [3.8, 4) is 17.2 Å².